The molecule has 4 aromatic carbocycles. The zero-order chi connectivity index (χ0) is 47.1. The number of nitrogens with zero attached hydrogens (tertiary/aromatic N) is 3. The van der Waals surface area contributed by atoms with Crippen LogP contribution in [0.15, 0.2) is 96.5 Å². The van der Waals surface area contributed by atoms with Gasteiger partial charge in [0.25, 0.3) is 0 Å². The van der Waals surface area contributed by atoms with E-state index in [4.69, 9.17) is 18.9 Å². The van der Waals surface area contributed by atoms with E-state index in [0.29, 0.717) is 56.4 Å². The first-order valence-corrected chi connectivity index (χ1v) is 24.2. The molecular formula is C51H56FN5O8S2. The molecule has 352 valence electrons. The van der Waals surface area contributed by atoms with Crippen LogP contribution in [0.1, 0.15) is 44.9 Å². The predicted octanol–water partition coefficient (Wildman–Crippen LogP) is 8.57. The van der Waals surface area contributed by atoms with E-state index in [2.05, 4.69) is 20.5 Å². The number of nitrogens with one attached hydrogen (secondary N) is 2. The number of thiophene rings is 1. The van der Waals surface area contributed by atoms with Gasteiger partial charge in [0.2, 0.25) is 17.7 Å². The van der Waals surface area contributed by atoms with Crippen molar-refractivity contribution < 1.29 is 42.8 Å². The molecule has 3 amide bonds. The van der Waals surface area contributed by atoms with E-state index < -0.39 is 23.4 Å². The van der Waals surface area contributed by atoms with E-state index in [1.165, 1.54) is 23.5 Å². The summed E-state index contributed by atoms with van der Waals surface area (Å²) in [6.45, 7) is 11.5. The van der Waals surface area contributed by atoms with Gasteiger partial charge in [-0.1, -0.05) is 57.2 Å². The van der Waals surface area contributed by atoms with Gasteiger partial charge in [-0.2, -0.15) is 0 Å². The molecule has 2 saturated heterocycles. The second-order valence-corrected chi connectivity index (χ2v) is 19.8. The fourth-order valence-electron chi connectivity index (χ4n) is 8.20. The highest BCUT2D eigenvalue weighted by atomic mass is 32.1. The van der Waals surface area contributed by atoms with Gasteiger partial charge in [0.1, 0.15) is 48.4 Å². The Morgan fingerprint density at radius 1 is 0.910 bits per heavy atom. The Hall–Kier alpha value is -5.91. The van der Waals surface area contributed by atoms with Gasteiger partial charge in [-0.05, 0) is 96.5 Å². The summed E-state index contributed by atoms with van der Waals surface area (Å²) in [7, 11) is 0. The SMILES string of the molecule is Cc1ncsc1-c1ccc(CNC(=O)[C@@H]2CCCN2C(=O)[C@@H](NC(=O)COCCOC2CN(CCOc3ccc(Oc4c(-c5ccc(F)cc5)sc5cc(O)ccc45)cc3)C2)C(C)(C)C)cc1. The van der Waals surface area contributed by atoms with Crippen LogP contribution in [0, 0.1) is 18.2 Å². The lowest BCUT2D eigenvalue weighted by molar-refractivity contribution is -0.144. The minimum Gasteiger partial charge on any atom is -0.508 e. The summed E-state index contributed by atoms with van der Waals surface area (Å²) < 4.78 is 38.5. The lowest BCUT2D eigenvalue weighted by atomic mass is 9.85. The molecule has 0 aliphatic carbocycles. The number of likely N-dealkylation sites (tertiary alicyclic amines) is 2. The van der Waals surface area contributed by atoms with Crippen LogP contribution < -0.4 is 20.1 Å². The van der Waals surface area contributed by atoms with E-state index in [-0.39, 0.29) is 42.7 Å². The number of aromatic nitrogens is 1. The Balaban J connectivity index is 0.712. The minimum absolute atomic E-state index is 0.0540. The van der Waals surface area contributed by atoms with Crippen molar-refractivity contribution in [3.63, 3.8) is 0 Å². The quantitative estimate of drug-likeness (QED) is 0.0674. The van der Waals surface area contributed by atoms with Crippen molar-refractivity contribution in [2.24, 2.45) is 5.41 Å². The van der Waals surface area contributed by atoms with Crippen molar-refractivity contribution in [3.05, 3.63) is 114 Å². The van der Waals surface area contributed by atoms with E-state index in [0.717, 1.165) is 61.9 Å². The number of rotatable bonds is 19. The number of thiazole rings is 1. The molecule has 8 rings (SSSR count). The molecule has 4 heterocycles. The lowest BCUT2D eigenvalue weighted by Gasteiger charge is -2.38. The minimum atomic E-state index is -0.840. The highest BCUT2D eigenvalue weighted by molar-refractivity contribution is 7.22. The summed E-state index contributed by atoms with van der Waals surface area (Å²) in [6, 6.07) is 25.4. The molecule has 0 radical (unpaired) electrons. The lowest BCUT2D eigenvalue weighted by Crippen LogP contribution is -2.58. The monoisotopic (exact) mass is 949 g/mol. The number of fused-ring (bicyclic) bond motifs is 1. The van der Waals surface area contributed by atoms with Gasteiger partial charge in [0.15, 0.2) is 5.75 Å². The first-order chi connectivity index (χ1) is 32.3. The first kappa shape index (κ1) is 47.6. The van der Waals surface area contributed by atoms with Crippen LogP contribution in [0.5, 0.6) is 23.0 Å². The summed E-state index contributed by atoms with van der Waals surface area (Å²) in [5.41, 5.74) is 5.07. The Morgan fingerprint density at radius 3 is 2.34 bits per heavy atom. The number of hydrogen-bond donors (Lipinski definition) is 3. The second kappa shape index (κ2) is 21.4. The van der Waals surface area contributed by atoms with Crippen LogP contribution in [-0.4, -0.2) is 108 Å². The fourth-order valence-corrected chi connectivity index (χ4v) is 10.2. The average molecular weight is 950 g/mol. The number of aryl methyl sites for hydroxylation is 1. The molecule has 2 fully saturated rings. The molecule has 67 heavy (non-hydrogen) atoms. The Morgan fingerprint density at radius 2 is 1.63 bits per heavy atom. The van der Waals surface area contributed by atoms with Crippen LogP contribution in [0.2, 0.25) is 0 Å². The van der Waals surface area contributed by atoms with Gasteiger partial charge >= 0.3 is 0 Å². The number of phenols is 1. The summed E-state index contributed by atoms with van der Waals surface area (Å²) in [5, 5.41) is 16.8. The summed E-state index contributed by atoms with van der Waals surface area (Å²) in [6.07, 6.45) is 1.31. The molecule has 2 aliphatic heterocycles. The van der Waals surface area contributed by atoms with Crippen molar-refractivity contribution in [2.75, 3.05) is 52.6 Å². The predicted molar refractivity (Wildman–Crippen MR) is 258 cm³/mol. The van der Waals surface area contributed by atoms with E-state index in [1.807, 2.05) is 87.8 Å². The van der Waals surface area contributed by atoms with Gasteiger partial charge in [0.05, 0.1) is 40.3 Å². The average Bonchev–Trinajstić information content (AvgIpc) is 4.05. The summed E-state index contributed by atoms with van der Waals surface area (Å²) in [4.78, 5) is 50.5. The number of aromatic hydroxyl groups is 1. The second-order valence-electron chi connectivity index (χ2n) is 17.9. The Kier molecular flexibility index (Phi) is 15.2. The fraction of sp³-hybridized carbons (Fsp3) is 0.373. The molecule has 0 spiro atoms. The number of benzene rings is 4. The highest BCUT2D eigenvalue weighted by Crippen LogP contribution is 2.47. The van der Waals surface area contributed by atoms with Crippen molar-refractivity contribution in [1.82, 2.24) is 25.4 Å². The van der Waals surface area contributed by atoms with Crippen LogP contribution in [0.25, 0.3) is 31.0 Å². The van der Waals surface area contributed by atoms with Crippen LogP contribution >= 0.6 is 22.7 Å². The van der Waals surface area contributed by atoms with Crippen LogP contribution in [-0.2, 0) is 30.4 Å². The molecule has 2 aromatic heterocycles. The number of phenolic OH excluding ortho intramolecular Hbond substituents is 1. The molecule has 13 nitrogen and oxygen atoms in total. The smallest absolute Gasteiger partial charge is 0.246 e. The third-order valence-corrected chi connectivity index (χ3v) is 14.0. The maximum absolute atomic E-state index is 13.9. The standard InChI is InChI=1S/C51H56FN5O8S2/c1-32-46(66-31-54-32)34-9-7-33(8-10-34)27-53-49(60)42-6-5-21-57(42)50(61)48(51(2,3)4)55-44(59)30-62-24-25-64-40-28-56(29-40)22-23-63-38-16-18-39(19-17-38)65-45-41-20-15-37(58)26-43(41)67-47(45)35-11-13-36(52)14-12-35/h7-20,26,31,40,42,48,58H,5-6,21-25,27-30H2,1-4H3,(H,53,60)(H,55,59)/t42-,48+/m0/s1. The largest absolute Gasteiger partial charge is 0.508 e. The zero-order valence-corrected chi connectivity index (χ0v) is 39.7. The Bertz CT molecular complexity index is 2640. The number of carbonyl (C=O) groups excluding carboxylic acids is 3. The van der Waals surface area contributed by atoms with Crippen molar-refractivity contribution >= 4 is 50.5 Å². The molecule has 0 unspecified atom stereocenters. The molecule has 16 heteroatoms. The van der Waals surface area contributed by atoms with E-state index in [1.54, 1.807) is 40.5 Å². The number of hydrogen-bond acceptors (Lipinski definition) is 12. The van der Waals surface area contributed by atoms with Crippen molar-refractivity contribution in [1.29, 1.82) is 0 Å². The Labute approximate surface area is 397 Å². The summed E-state index contributed by atoms with van der Waals surface area (Å²) >= 11 is 3.06. The van der Waals surface area contributed by atoms with Crippen molar-refractivity contribution in [2.45, 2.75) is 65.3 Å². The molecule has 0 saturated carbocycles. The molecule has 3 N–H and O–H groups in total. The third kappa shape index (κ3) is 12.0. The summed E-state index contributed by atoms with van der Waals surface area (Å²) in [5.74, 6) is 0.913. The van der Waals surface area contributed by atoms with E-state index >= 15 is 0 Å². The molecule has 6 aromatic rings. The third-order valence-electron chi connectivity index (χ3n) is 11.9. The highest BCUT2D eigenvalue weighted by Gasteiger charge is 2.42. The molecule has 2 atom stereocenters. The number of ether oxygens (including phenoxy) is 4. The maximum Gasteiger partial charge on any atom is 0.246 e. The van der Waals surface area contributed by atoms with Crippen molar-refractivity contribution in [3.8, 4) is 43.9 Å². The van der Waals surface area contributed by atoms with Crippen LogP contribution in [0.4, 0.5) is 4.39 Å². The zero-order valence-electron chi connectivity index (χ0n) is 38.1. The van der Waals surface area contributed by atoms with Crippen LogP contribution in [0.3, 0.4) is 0 Å². The molecular weight excluding hydrogens is 894 g/mol. The first-order valence-electron chi connectivity index (χ1n) is 22.5. The molecule has 2 aliphatic rings. The van der Waals surface area contributed by atoms with E-state index in [9.17, 15) is 23.9 Å². The number of amides is 3. The maximum atomic E-state index is 13.9. The van der Waals surface area contributed by atoms with Gasteiger partial charge < -0.3 is 39.6 Å². The normalized spacial score (nSPS) is 15.9. The number of halogens is 1. The van der Waals surface area contributed by atoms with Gasteiger partial charge in [-0.25, -0.2) is 9.37 Å². The topological polar surface area (TPSA) is 152 Å². The van der Waals surface area contributed by atoms with Gasteiger partial charge in [0, 0.05) is 42.8 Å². The molecule has 0 bridgehead atoms. The van der Waals surface area contributed by atoms with Gasteiger partial charge in [-0.3, -0.25) is 19.3 Å². The number of carbonyl (C=O) groups is 3. The van der Waals surface area contributed by atoms with Gasteiger partial charge in [-0.15, -0.1) is 22.7 Å².